The maximum atomic E-state index is 12.9. The Morgan fingerprint density at radius 1 is 1.29 bits per heavy atom. The molecule has 0 radical (unpaired) electrons. The first kappa shape index (κ1) is 19.6. The lowest BCUT2D eigenvalue weighted by Crippen LogP contribution is -2.13. The highest BCUT2D eigenvalue weighted by molar-refractivity contribution is 7.18. The molecule has 3 heterocycles. The minimum Gasteiger partial charge on any atom is -0.494 e. The van der Waals surface area contributed by atoms with Crippen molar-refractivity contribution >= 4 is 45.1 Å². The normalized spacial score (nSPS) is 18.9. The summed E-state index contributed by atoms with van der Waals surface area (Å²) in [6, 6.07) is 5.52. The van der Waals surface area contributed by atoms with Gasteiger partial charge < -0.3 is 14.8 Å². The number of amides is 1. The van der Waals surface area contributed by atoms with E-state index in [9.17, 15) is 9.59 Å². The van der Waals surface area contributed by atoms with Crippen molar-refractivity contribution in [3.63, 3.8) is 0 Å². The molecular weight excluding hydrogens is 414 g/mol. The monoisotopic (exact) mass is 435 g/mol. The highest BCUT2D eigenvalue weighted by Crippen LogP contribution is 2.40. The second kappa shape index (κ2) is 8.07. The maximum absolute atomic E-state index is 12.9. The first-order valence-electron chi connectivity index (χ1n) is 10.2. The molecule has 3 aromatic heterocycles. The van der Waals surface area contributed by atoms with E-state index < -0.39 is 0 Å². The Morgan fingerprint density at radius 3 is 2.90 bits per heavy atom. The molecular formula is C22H21N5O3S. The molecule has 1 amide bonds. The van der Waals surface area contributed by atoms with Gasteiger partial charge in [-0.25, -0.2) is 14.5 Å². The number of aldehydes is 1. The number of fused-ring (bicyclic) bond motifs is 2. The van der Waals surface area contributed by atoms with Crippen molar-refractivity contribution in [2.75, 3.05) is 12.4 Å². The molecule has 8 nitrogen and oxygen atoms in total. The zero-order chi connectivity index (χ0) is 21.4. The van der Waals surface area contributed by atoms with Crippen molar-refractivity contribution in [2.45, 2.75) is 31.6 Å². The zero-order valence-corrected chi connectivity index (χ0v) is 17.8. The number of nitrogens with one attached hydrogen (secondary N) is 1. The van der Waals surface area contributed by atoms with Gasteiger partial charge in [0.25, 0.3) is 5.91 Å². The standard InChI is InChI=1S/C22H21N5O3S/c1-30-18-9-17-19(31-22(26-17)14-5-3-13(12-28)4-6-14)10-16(18)25-21(29)15-11-24-27-8-2-7-23-20(15)27/h2,7-14H,3-6H2,1H3,(H,25,29)/t13-,14-. The quantitative estimate of drug-likeness (QED) is 0.475. The summed E-state index contributed by atoms with van der Waals surface area (Å²) in [5, 5.41) is 8.19. The molecule has 1 N–H and O–H groups in total. The lowest BCUT2D eigenvalue weighted by Gasteiger charge is -2.23. The Balaban J connectivity index is 1.43. The summed E-state index contributed by atoms with van der Waals surface area (Å²) in [6.07, 6.45) is 9.74. The van der Waals surface area contributed by atoms with E-state index in [1.807, 2.05) is 12.1 Å². The second-order valence-electron chi connectivity index (χ2n) is 7.72. The number of carbonyl (C=O) groups excluding carboxylic acids is 2. The van der Waals surface area contributed by atoms with E-state index in [0.717, 1.165) is 47.2 Å². The molecule has 1 aromatic carbocycles. The number of thiazole rings is 1. The fourth-order valence-electron chi connectivity index (χ4n) is 4.09. The number of hydrogen-bond donors (Lipinski definition) is 1. The van der Waals surface area contributed by atoms with Crippen LogP contribution in [0.1, 0.15) is 47.0 Å². The number of aromatic nitrogens is 4. The average Bonchev–Trinajstić information content (AvgIpc) is 3.42. The van der Waals surface area contributed by atoms with Crippen molar-refractivity contribution in [1.29, 1.82) is 0 Å². The van der Waals surface area contributed by atoms with Crippen LogP contribution in [-0.4, -0.2) is 38.9 Å². The molecule has 0 bridgehead atoms. The number of nitrogens with zero attached hydrogens (tertiary/aromatic N) is 4. The fraction of sp³-hybridized carbons (Fsp3) is 0.318. The van der Waals surface area contributed by atoms with Gasteiger partial charge in [-0.2, -0.15) is 5.10 Å². The Morgan fingerprint density at radius 2 is 2.13 bits per heavy atom. The van der Waals surface area contributed by atoms with Gasteiger partial charge in [-0.1, -0.05) is 0 Å². The van der Waals surface area contributed by atoms with Crippen LogP contribution in [0.5, 0.6) is 5.75 Å². The van der Waals surface area contributed by atoms with Crippen LogP contribution in [0.25, 0.3) is 15.9 Å². The van der Waals surface area contributed by atoms with Crippen LogP contribution in [-0.2, 0) is 4.79 Å². The van der Waals surface area contributed by atoms with E-state index in [1.165, 1.54) is 6.20 Å². The van der Waals surface area contributed by atoms with Gasteiger partial charge in [0, 0.05) is 30.3 Å². The van der Waals surface area contributed by atoms with E-state index in [4.69, 9.17) is 9.72 Å². The van der Waals surface area contributed by atoms with E-state index in [2.05, 4.69) is 15.4 Å². The molecule has 0 unspecified atom stereocenters. The number of ether oxygens (including phenoxy) is 1. The fourth-order valence-corrected chi connectivity index (χ4v) is 5.25. The van der Waals surface area contributed by atoms with Gasteiger partial charge in [0.1, 0.15) is 17.6 Å². The Kier molecular flexibility index (Phi) is 5.11. The number of rotatable bonds is 5. The molecule has 1 saturated carbocycles. The van der Waals surface area contributed by atoms with Crippen LogP contribution < -0.4 is 10.1 Å². The number of methoxy groups -OCH3 is 1. The van der Waals surface area contributed by atoms with Crippen LogP contribution in [0, 0.1) is 5.92 Å². The van der Waals surface area contributed by atoms with E-state index in [-0.39, 0.29) is 11.8 Å². The van der Waals surface area contributed by atoms with E-state index in [0.29, 0.717) is 28.6 Å². The highest BCUT2D eigenvalue weighted by Gasteiger charge is 2.25. The van der Waals surface area contributed by atoms with Crippen molar-refractivity contribution in [3.8, 4) is 5.75 Å². The molecule has 0 saturated heterocycles. The summed E-state index contributed by atoms with van der Waals surface area (Å²) < 4.78 is 8.06. The topological polar surface area (TPSA) is 98.5 Å². The van der Waals surface area contributed by atoms with E-state index in [1.54, 1.807) is 41.4 Å². The number of anilines is 1. The third-order valence-corrected chi connectivity index (χ3v) is 6.99. The lowest BCUT2D eigenvalue weighted by molar-refractivity contribution is -0.111. The first-order valence-corrected chi connectivity index (χ1v) is 11.0. The van der Waals surface area contributed by atoms with Gasteiger partial charge in [-0.15, -0.1) is 11.3 Å². The van der Waals surface area contributed by atoms with Crippen LogP contribution in [0.15, 0.2) is 36.8 Å². The van der Waals surface area contributed by atoms with E-state index >= 15 is 0 Å². The van der Waals surface area contributed by atoms with Crippen LogP contribution in [0.3, 0.4) is 0 Å². The second-order valence-corrected chi connectivity index (χ2v) is 8.78. The molecule has 31 heavy (non-hydrogen) atoms. The SMILES string of the molecule is COc1cc2nc([C@H]3CC[C@H](C=O)CC3)sc2cc1NC(=O)c1cnn2cccnc12. The van der Waals surface area contributed by atoms with Crippen LogP contribution in [0.4, 0.5) is 5.69 Å². The van der Waals surface area contributed by atoms with Crippen molar-refractivity contribution in [3.05, 3.63) is 47.4 Å². The third-order valence-electron chi connectivity index (χ3n) is 5.81. The molecule has 5 rings (SSSR count). The van der Waals surface area contributed by atoms with Gasteiger partial charge in [0.2, 0.25) is 0 Å². The highest BCUT2D eigenvalue weighted by atomic mass is 32.1. The molecule has 0 spiro atoms. The average molecular weight is 436 g/mol. The summed E-state index contributed by atoms with van der Waals surface area (Å²) in [4.78, 5) is 33.0. The predicted molar refractivity (Wildman–Crippen MR) is 118 cm³/mol. The summed E-state index contributed by atoms with van der Waals surface area (Å²) >= 11 is 1.64. The number of hydrogen-bond acceptors (Lipinski definition) is 7. The molecule has 1 aliphatic carbocycles. The molecule has 0 aliphatic heterocycles. The Labute approximate surface area is 182 Å². The molecule has 4 aromatic rings. The van der Waals surface area contributed by atoms with Gasteiger partial charge in [0.05, 0.1) is 34.2 Å². The smallest absolute Gasteiger partial charge is 0.261 e. The Hall–Kier alpha value is -3.33. The summed E-state index contributed by atoms with van der Waals surface area (Å²) in [6.45, 7) is 0. The molecule has 0 atom stereocenters. The minimum absolute atomic E-state index is 0.182. The predicted octanol–water partition coefficient (Wildman–Crippen LogP) is 4.07. The van der Waals surface area contributed by atoms with Gasteiger partial charge in [-0.05, 0) is 37.8 Å². The van der Waals surface area contributed by atoms with Gasteiger partial charge >= 0.3 is 0 Å². The zero-order valence-electron chi connectivity index (χ0n) is 16.9. The molecule has 1 aliphatic rings. The van der Waals surface area contributed by atoms with Crippen LogP contribution >= 0.6 is 11.3 Å². The van der Waals surface area contributed by atoms with Crippen molar-refractivity contribution in [2.24, 2.45) is 5.92 Å². The maximum Gasteiger partial charge on any atom is 0.261 e. The first-order chi connectivity index (χ1) is 15.2. The van der Waals surface area contributed by atoms with Crippen LogP contribution in [0.2, 0.25) is 0 Å². The summed E-state index contributed by atoms with van der Waals surface area (Å²) in [7, 11) is 1.57. The summed E-state index contributed by atoms with van der Waals surface area (Å²) in [5.41, 5.74) is 2.31. The third kappa shape index (κ3) is 3.65. The summed E-state index contributed by atoms with van der Waals surface area (Å²) in [5.74, 6) is 0.805. The van der Waals surface area contributed by atoms with Gasteiger partial charge in [0.15, 0.2) is 5.65 Å². The minimum atomic E-state index is -0.303. The molecule has 1 fully saturated rings. The Bertz CT molecular complexity index is 1270. The van der Waals surface area contributed by atoms with Crippen molar-refractivity contribution in [1.82, 2.24) is 19.6 Å². The van der Waals surface area contributed by atoms with Gasteiger partial charge in [-0.3, -0.25) is 4.79 Å². The molecule has 9 heteroatoms. The largest absolute Gasteiger partial charge is 0.494 e. The number of carbonyl (C=O) groups is 2. The molecule has 158 valence electrons. The number of benzene rings is 1. The van der Waals surface area contributed by atoms with Crippen molar-refractivity contribution < 1.29 is 14.3 Å². The lowest BCUT2D eigenvalue weighted by atomic mass is 9.83.